The van der Waals surface area contributed by atoms with Crippen molar-refractivity contribution in [2.24, 2.45) is 5.73 Å². The molecule has 2 aromatic rings. The molecule has 0 aliphatic carbocycles. The summed E-state index contributed by atoms with van der Waals surface area (Å²) in [6.45, 7) is 3.49. The van der Waals surface area contributed by atoms with Crippen molar-refractivity contribution in [1.29, 1.82) is 0 Å². The Hall–Kier alpha value is -1.94. The van der Waals surface area contributed by atoms with Crippen LogP contribution in [0.3, 0.4) is 0 Å². The lowest BCUT2D eigenvalue weighted by molar-refractivity contribution is 0.555. The summed E-state index contributed by atoms with van der Waals surface area (Å²) >= 11 is 0. The molecule has 98 valence electrons. The van der Waals surface area contributed by atoms with Gasteiger partial charge in [-0.25, -0.2) is 9.97 Å². The van der Waals surface area contributed by atoms with Crippen molar-refractivity contribution in [2.75, 3.05) is 11.4 Å². The van der Waals surface area contributed by atoms with Gasteiger partial charge in [0.05, 0.1) is 0 Å². The maximum atomic E-state index is 5.94. The fourth-order valence-corrected chi connectivity index (χ4v) is 2.66. The summed E-state index contributed by atoms with van der Waals surface area (Å²) in [5.41, 5.74) is 9.69. The average Bonchev–Trinajstić information content (AvgIpc) is 2.46. The Kier molecular flexibility index (Phi) is 3.17. The number of hydrogen-bond donors (Lipinski definition) is 1. The molecule has 3 rings (SSSR count). The van der Waals surface area contributed by atoms with Gasteiger partial charge in [0.25, 0.3) is 0 Å². The SMILES string of the molecule is Cc1cc(N2Cc3ccccc3CC2CN)ncn1. The van der Waals surface area contributed by atoms with Crippen LogP contribution in [0, 0.1) is 6.92 Å². The zero-order valence-electron chi connectivity index (χ0n) is 11.1. The van der Waals surface area contributed by atoms with Crippen LogP contribution in [0.1, 0.15) is 16.8 Å². The first-order chi connectivity index (χ1) is 9.28. The molecule has 0 radical (unpaired) electrons. The topological polar surface area (TPSA) is 55.0 Å². The van der Waals surface area contributed by atoms with Crippen molar-refractivity contribution in [3.63, 3.8) is 0 Å². The highest BCUT2D eigenvalue weighted by Crippen LogP contribution is 2.26. The highest BCUT2D eigenvalue weighted by molar-refractivity contribution is 5.46. The summed E-state index contributed by atoms with van der Waals surface area (Å²) in [5.74, 6) is 0.970. The van der Waals surface area contributed by atoms with E-state index in [1.807, 2.05) is 13.0 Å². The first kappa shape index (κ1) is 12.1. The smallest absolute Gasteiger partial charge is 0.132 e. The van der Waals surface area contributed by atoms with Gasteiger partial charge in [0, 0.05) is 30.9 Å². The first-order valence-electron chi connectivity index (χ1n) is 6.60. The van der Waals surface area contributed by atoms with E-state index in [4.69, 9.17) is 5.73 Å². The molecule has 4 nitrogen and oxygen atoms in total. The fourth-order valence-electron chi connectivity index (χ4n) is 2.66. The lowest BCUT2D eigenvalue weighted by Crippen LogP contribution is -2.45. The minimum absolute atomic E-state index is 0.309. The number of nitrogens with zero attached hydrogens (tertiary/aromatic N) is 3. The molecule has 1 atom stereocenters. The second kappa shape index (κ2) is 4.97. The number of nitrogens with two attached hydrogens (primary N) is 1. The minimum Gasteiger partial charge on any atom is -0.348 e. The quantitative estimate of drug-likeness (QED) is 0.886. The third-order valence-electron chi connectivity index (χ3n) is 3.71. The number of fused-ring (bicyclic) bond motifs is 1. The molecule has 1 aliphatic rings. The number of benzene rings is 1. The third-order valence-corrected chi connectivity index (χ3v) is 3.71. The van der Waals surface area contributed by atoms with E-state index < -0.39 is 0 Å². The van der Waals surface area contributed by atoms with Crippen LogP contribution in [0.25, 0.3) is 0 Å². The summed E-state index contributed by atoms with van der Waals surface area (Å²) in [6.07, 6.45) is 2.61. The van der Waals surface area contributed by atoms with E-state index in [0.29, 0.717) is 12.6 Å². The Balaban J connectivity index is 1.97. The Morgan fingerprint density at radius 2 is 2.05 bits per heavy atom. The molecule has 1 aromatic heterocycles. The summed E-state index contributed by atoms with van der Waals surface area (Å²) in [6, 6.07) is 10.9. The van der Waals surface area contributed by atoms with E-state index in [1.54, 1.807) is 6.33 Å². The normalized spacial score (nSPS) is 18.2. The molecule has 0 fully saturated rings. The largest absolute Gasteiger partial charge is 0.348 e. The van der Waals surface area contributed by atoms with Crippen molar-refractivity contribution >= 4 is 5.82 Å². The number of rotatable bonds is 2. The van der Waals surface area contributed by atoms with Crippen molar-refractivity contribution in [2.45, 2.75) is 25.9 Å². The molecular formula is C15H18N4. The van der Waals surface area contributed by atoms with E-state index >= 15 is 0 Å². The third kappa shape index (κ3) is 2.31. The molecule has 0 amide bonds. The maximum Gasteiger partial charge on any atom is 0.132 e. The Labute approximate surface area is 113 Å². The van der Waals surface area contributed by atoms with Crippen LogP contribution >= 0.6 is 0 Å². The first-order valence-corrected chi connectivity index (χ1v) is 6.60. The second-order valence-electron chi connectivity index (χ2n) is 5.01. The molecule has 2 heterocycles. The molecule has 19 heavy (non-hydrogen) atoms. The van der Waals surface area contributed by atoms with E-state index in [0.717, 1.165) is 24.5 Å². The number of anilines is 1. The average molecular weight is 254 g/mol. The van der Waals surface area contributed by atoms with Gasteiger partial charge in [-0.3, -0.25) is 0 Å². The zero-order chi connectivity index (χ0) is 13.2. The van der Waals surface area contributed by atoms with Gasteiger partial charge in [-0.2, -0.15) is 0 Å². The van der Waals surface area contributed by atoms with Gasteiger partial charge in [-0.05, 0) is 24.5 Å². The molecule has 0 saturated carbocycles. The zero-order valence-corrected chi connectivity index (χ0v) is 11.1. The van der Waals surface area contributed by atoms with Gasteiger partial charge in [0.15, 0.2) is 0 Å². The van der Waals surface area contributed by atoms with Crippen molar-refractivity contribution in [3.8, 4) is 0 Å². The van der Waals surface area contributed by atoms with Gasteiger partial charge < -0.3 is 10.6 Å². The summed E-state index contributed by atoms with van der Waals surface area (Å²) < 4.78 is 0. The van der Waals surface area contributed by atoms with E-state index in [1.165, 1.54) is 11.1 Å². The van der Waals surface area contributed by atoms with Gasteiger partial charge in [0.2, 0.25) is 0 Å². The van der Waals surface area contributed by atoms with Crippen molar-refractivity contribution < 1.29 is 0 Å². The lowest BCUT2D eigenvalue weighted by atomic mass is 9.94. The van der Waals surface area contributed by atoms with Gasteiger partial charge in [-0.15, -0.1) is 0 Å². The van der Waals surface area contributed by atoms with Crippen LogP contribution in [0.2, 0.25) is 0 Å². The van der Waals surface area contributed by atoms with E-state index in [2.05, 4.69) is 39.1 Å². The molecule has 1 aliphatic heterocycles. The number of aryl methyl sites for hydroxylation is 1. The molecule has 1 unspecified atom stereocenters. The number of hydrogen-bond acceptors (Lipinski definition) is 4. The fraction of sp³-hybridized carbons (Fsp3) is 0.333. The molecule has 2 N–H and O–H groups in total. The predicted octanol–water partition coefficient (Wildman–Crippen LogP) is 1.68. The molecular weight excluding hydrogens is 236 g/mol. The molecule has 0 saturated heterocycles. The molecule has 0 bridgehead atoms. The highest BCUT2D eigenvalue weighted by Gasteiger charge is 2.25. The summed E-state index contributed by atoms with van der Waals surface area (Å²) in [7, 11) is 0. The van der Waals surface area contributed by atoms with E-state index in [9.17, 15) is 0 Å². The predicted molar refractivity (Wildman–Crippen MR) is 75.9 cm³/mol. The van der Waals surface area contributed by atoms with Crippen LogP contribution in [-0.4, -0.2) is 22.6 Å². The van der Waals surface area contributed by atoms with E-state index in [-0.39, 0.29) is 0 Å². The van der Waals surface area contributed by atoms with Gasteiger partial charge >= 0.3 is 0 Å². The number of aromatic nitrogens is 2. The van der Waals surface area contributed by atoms with Crippen LogP contribution in [0.4, 0.5) is 5.82 Å². The van der Waals surface area contributed by atoms with Gasteiger partial charge in [0.1, 0.15) is 12.1 Å². The van der Waals surface area contributed by atoms with Crippen LogP contribution in [0.5, 0.6) is 0 Å². The monoisotopic (exact) mass is 254 g/mol. The lowest BCUT2D eigenvalue weighted by Gasteiger charge is -2.37. The van der Waals surface area contributed by atoms with Gasteiger partial charge in [-0.1, -0.05) is 24.3 Å². The second-order valence-corrected chi connectivity index (χ2v) is 5.01. The van der Waals surface area contributed by atoms with Crippen LogP contribution in [-0.2, 0) is 13.0 Å². The van der Waals surface area contributed by atoms with Crippen molar-refractivity contribution in [3.05, 3.63) is 53.5 Å². The standard InChI is InChI=1S/C15H18N4/c1-11-6-15(18-10-17-11)19-9-13-5-3-2-4-12(13)7-14(19)8-16/h2-6,10,14H,7-9,16H2,1H3. The molecule has 4 heteroatoms. The Morgan fingerprint density at radius 1 is 1.26 bits per heavy atom. The van der Waals surface area contributed by atoms with Crippen molar-refractivity contribution in [1.82, 2.24) is 9.97 Å². The maximum absolute atomic E-state index is 5.94. The Morgan fingerprint density at radius 3 is 2.79 bits per heavy atom. The Bertz CT molecular complexity index is 582. The summed E-state index contributed by atoms with van der Waals surface area (Å²) in [4.78, 5) is 10.8. The van der Waals surface area contributed by atoms with Crippen LogP contribution in [0.15, 0.2) is 36.7 Å². The molecule has 0 spiro atoms. The summed E-state index contributed by atoms with van der Waals surface area (Å²) in [5, 5.41) is 0. The van der Waals surface area contributed by atoms with Crippen LogP contribution < -0.4 is 10.6 Å². The molecule has 1 aromatic carbocycles. The highest BCUT2D eigenvalue weighted by atomic mass is 15.2. The minimum atomic E-state index is 0.309.